The lowest BCUT2D eigenvalue weighted by molar-refractivity contribution is -0.119. The fraction of sp³-hybridized carbons (Fsp3) is 0.269. The number of rotatable bonds is 7. The van der Waals surface area contributed by atoms with E-state index in [4.69, 9.17) is 9.47 Å². The molecule has 4 rings (SSSR count). The van der Waals surface area contributed by atoms with Crippen molar-refractivity contribution >= 4 is 28.2 Å². The molecule has 0 bridgehead atoms. The summed E-state index contributed by atoms with van der Waals surface area (Å²) in [4.78, 5) is 26.2. The van der Waals surface area contributed by atoms with E-state index in [1.165, 1.54) is 23.5 Å². The molecule has 174 valence electrons. The van der Waals surface area contributed by atoms with Gasteiger partial charge in [-0.15, -0.1) is 11.3 Å². The van der Waals surface area contributed by atoms with Crippen molar-refractivity contribution in [1.29, 1.82) is 5.26 Å². The molecule has 0 radical (unpaired) electrons. The lowest BCUT2D eigenvalue weighted by atomic mass is 9.89. The van der Waals surface area contributed by atoms with Crippen LogP contribution in [0.15, 0.2) is 48.5 Å². The molecule has 1 atom stereocenters. The topological polar surface area (TPSA) is 88.4 Å². The van der Waals surface area contributed by atoms with Crippen molar-refractivity contribution in [1.82, 2.24) is 0 Å². The van der Waals surface area contributed by atoms with E-state index in [-0.39, 0.29) is 18.0 Å². The molecule has 1 unspecified atom stereocenters. The molecule has 1 N–H and O–H groups in total. The number of esters is 1. The standard InChI is InChI=1S/C26H23FN2O4S/c1-16-6-11-19-21(13-28)25(34-23(19)12-16)29-24(30)15-33-26(31)20-4-2-3-5-22(20)32-14-17-7-9-18(27)10-8-17/h2-5,7-10,16H,6,11-12,14-15H2,1H3,(H,29,30). The highest BCUT2D eigenvalue weighted by Gasteiger charge is 2.25. The van der Waals surface area contributed by atoms with Gasteiger partial charge in [0.1, 0.15) is 34.8 Å². The molecule has 1 amide bonds. The Morgan fingerprint density at radius 1 is 1.21 bits per heavy atom. The molecule has 6 nitrogen and oxygen atoms in total. The largest absolute Gasteiger partial charge is 0.488 e. The second kappa shape index (κ2) is 10.5. The maximum Gasteiger partial charge on any atom is 0.342 e. The number of amides is 1. The van der Waals surface area contributed by atoms with Gasteiger partial charge in [-0.05, 0) is 60.6 Å². The number of nitrogens with one attached hydrogen (secondary N) is 1. The summed E-state index contributed by atoms with van der Waals surface area (Å²) >= 11 is 1.42. The van der Waals surface area contributed by atoms with Gasteiger partial charge < -0.3 is 14.8 Å². The van der Waals surface area contributed by atoms with E-state index in [2.05, 4.69) is 18.3 Å². The molecule has 8 heteroatoms. The molecule has 1 aliphatic rings. The number of hydrogen-bond donors (Lipinski definition) is 1. The first-order chi connectivity index (χ1) is 16.4. The molecule has 0 aliphatic heterocycles. The maximum atomic E-state index is 13.1. The number of carbonyl (C=O) groups is 2. The molecular weight excluding hydrogens is 455 g/mol. The van der Waals surface area contributed by atoms with Crippen molar-refractivity contribution in [3.8, 4) is 11.8 Å². The number of carbonyl (C=O) groups excluding carboxylic acids is 2. The van der Waals surface area contributed by atoms with E-state index in [1.54, 1.807) is 36.4 Å². The Labute approximate surface area is 200 Å². The Morgan fingerprint density at radius 3 is 2.74 bits per heavy atom. The van der Waals surface area contributed by atoms with E-state index < -0.39 is 18.5 Å². The van der Waals surface area contributed by atoms with E-state index in [0.717, 1.165) is 35.3 Å². The van der Waals surface area contributed by atoms with E-state index in [0.29, 0.717) is 22.2 Å². The number of ether oxygens (including phenoxy) is 2. The second-order valence-corrected chi connectivity index (χ2v) is 9.31. The van der Waals surface area contributed by atoms with Crippen molar-refractivity contribution in [2.24, 2.45) is 5.92 Å². The highest BCUT2D eigenvalue weighted by molar-refractivity contribution is 7.16. The second-order valence-electron chi connectivity index (χ2n) is 8.20. The van der Waals surface area contributed by atoms with Crippen LogP contribution in [0.2, 0.25) is 0 Å². The van der Waals surface area contributed by atoms with Gasteiger partial charge in [0.05, 0.1) is 5.56 Å². The number of thiophene rings is 1. The van der Waals surface area contributed by atoms with Crippen LogP contribution in [0.3, 0.4) is 0 Å². The number of halogens is 1. The number of benzene rings is 2. The molecule has 1 aromatic heterocycles. The van der Waals surface area contributed by atoms with Gasteiger partial charge in [-0.3, -0.25) is 4.79 Å². The number of nitriles is 1. The predicted molar refractivity (Wildman–Crippen MR) is 126 cm³/mol. The van der Waals surface area contributed by atoms with Crippen molar-refractivity contribution in [3.63, 3.8) is 0 Å². The highest BCUT2D eigenvalue weighted by atomic mass is 32.1. The van der Waals surface area contributed by atoms with Gasteiger partial charge in [0.15, 0.2) is 6.61 Å². The lowest BCUT2D eigenvalue weighted by Gasteiger charge is -2.17. The van der Waals surface area contributed by atoms with Crippen LogP contribution in [-0.4, -0.2) is 18.5 Å². The van der Waals surface area contributed by atoms with Crippen LogP contribution in [0.5, 0.6) is 5.75 Å². The number of fused-ring (bicyclic) bond motifs is 1. The molecule has 0 spiro atoms. The van der Waals surface area contributed by atoms with Crippen molar-refractivity contribution < 1.29 is 23.5 Å². The quantitative estimate of drug-likeness (QED) is 0.468. The Hall–Kier alpha value is -3.70. The van der Waals surface area contributed by atoms with E-state index >= 15 is 0 Å². The monoisotopic (exact) mass is 478 g/mol. The number of anilines is 1. The first-order valence-corrected chi connectivity index (χ1v) is 11.7. The van der Waals surface area contributed by atoms with Gasteiger partial charge in [-0.25, -0.2) is 9.18 Å². The van der Waals surface area contributed by atoms with Crippen LogP contribution in [0.1, 0.15) is 45.3 Å². The number of nitrogens with zero attached hydrogens (tertiary/aromatic N) is 1. The summed E-state index contributed by atoms with van der Waals surface area (Å²) in [7, 11) is 0. The molecule has 1 aliphatic carbocycles. The molecule has 1 heterocycles. The van der Waals surface area contributed by atoms with Crippen molar-refractivity contribution in [2.45, 2.75) is 32.8 Å². The van der Waals surface area contributed by atoms with Gasteiger partial charge >= 0.3 is 5.97 Å². The Balaban J connectivity index is 1.36. The molecule has 2 aromatic carbocycles. The summed E-state index contributed by atoms with van der Waals surface area (Å²) in [6, 6.07) is 14.6. The van der Waals surface area contributed by atoms with Gasteiger partial charge in [0.25, 0.3) is 5.91 Å². The van der Waals surface area contributed by atoms with Gasteiger partial charge in [-0.2, -0.15) is 5.26 Å². The molecule has 0 saturated carbocycles. The predicted octanol–water partition coefficient (Wildman–Crippen LogP) is 5.26. The maximum absolute atomic E-state index is 13.1. The Kier molecular flexibility index (Phi) is 7.24. The zero-order valence-electron chi connectivity index (χ0n) is 18.6. The van der Waals surface area contributed by atoms with Crippen LogP contribution in [0, 0.1) is 23.1 Å². The summed E-state index contributed by atoms with van der Waals surface area (Å²) < 4.78 is 24.0. The Bertz CT molecular complexity index is 1250. The minimum atomic E-state index is -0.704. The van der Waals surface area contributed by atoms with E-state index in [1.807, 2.05) is 0 Å². The minimum absolute atomic E-state index is 0.143. The zero-order valence-corrected chi connectivity index (χ0v) is 19.4. The minimum Gasteiger partial charge on any atom is -0.488 e. The lowest BCUT2D eigenvalue weighted by Crippen LogP contribution is -2.21. The van der Waals surface area contributed by atoms with Crippen molar-refractivity contribution in [3.05, 3.63) is 81.5 Å². The average Bonchev–Trinajstić information content (AvgIpc) is 3.18. The normalized spacial score (nSPS) is 14.6. The van der Waals surface area contributed by atoms with Gasteiger partial charge in [0, 0.05) is 4.88 Å². The molecule has 3 aromatic rings. The first-order valence-electron chi connectivity index (χ1n) is 10.9. The fourth-order valence-electron chi connectivity index (χ4n) is 3.83. The summed E-state index contributed by atoms with van der Waals surface area (Å²) in [6.07, 6.45) is 2.75. The third kappa shape index (κ3) is 5.43. The number of hydrogen-bond acceptors (Lipinski definition) is 6. The average molecular weight is 479 g/mol. The fourth-order valence-corrected chi connectivity index (χ4v) is 5.21. The third-order valence-corrected chi connectivity index (χ3v) is 6.80. The van der Waals surface area contributed by atoms with Crippen LogP contribution >= 0.6 is 11.3 Å². The molecule has 0 saturated heterocycles. The summed E-state index contributed by atoms with van der Waals surface area (Å²) in [5.74, 6) is -0.715. The van der Waals surface area contributed by atoms with Crippen LogP contribution < -0.4 is 10.1 Å². The zero-order chi connectivity index (χ0) is 24.1. The smallest absolute Gasteiger partial charge is 0.342 e. The van der Waals surface area contributed by atoms with E-state index in [9.17, 15) is 19.2 Å². The first kappa shape index (κ1) is 23.5. The van der Waals surface area contributed by atoms with Crippen LogP contribution in [-0.2, 0) is 29.0 Å². The Morgan fingerprint density at radius 2 is 1.97 bits per heavy atom. The summed E-state index contributed by atoms with van der Waals surface area (Å²) in [5, 5.41) is 12.8. The highest BCUT2D eigenvalue weighted by Crippen LogP contribution is 2.39. The van der Waals surface area contributed by atoms with Crippen molar-refractivity contribution in [2.75, 3.05) is 11.9 Å². The third-order valence-electron chi connectivity index (χ3n) is 5.63. The van der Waals surface area contributed by atoms with Gasteiger partial charge in [0.2, 0.25) is 0 Å². The molecular formula is C26H23FN2O4S. The molecule has 34 heavy (non-hydrogen) atoms. The summed E-state index contributed by atoms with van der Waals surface area (Å²) in [6.45, 7) is 1.83. The van der Waals surface area contributed by atoms with Gasteiger partial charge in [-0.1, -0.05) is 31.2 Å². The van der Waals surface area contributed by atoms with Crippen LogP contribution in [0.4, 0.5) is 9.39 Å². The number of para-hydroxylation sites is 1. The summed E-state index contributed by atoms with van der Waals surface area (Å²) in [5.41, 5.74) is 2.44. The SMILES string of the molecule is CC1CCc2c(sc(NC(=O)COC(=O)c3ccccc3OCc3ccc(F)cc3)c2C#N)C1. The molecule has 0 fully saturated rings. The van der Waals surface area contributed by atoms with Crippen LogP contribution in [0.25, 0.3) is 0 Å².